The summed E-state index contributed by atoms with van der Waals surface area (Å²) in [5.74, 6) is 1.01. The number of aliphatic hydroxyl groups excluding tert-OH is 1. The summed E-state index contributed by atoms with van der Waals surface area (Å²) in [6.45, 7) is 3.87. The Hall–Kier alpha value is -1.40. The lowest BCUT2D eigenvalue weighted by Crippen LogP contribution is -2.36. The van der Waals surface area contributed by atoms with Gasteiger partial charge in [0.05, 0.1) is 6.54 Å². The molecule has 0 atom stereocenters. The first kappa shape index (κ1) is 16.7. The van der Waals surface area contributed by atoms with Crippen LogP contribution in [0, 0.1) is 12.3 Å². The van der Waals surface area contributed by atoms with Gasteiger partial charge in [-0.3, -0.25) is 9.69 Å². The number of rotatable bonds is 5. The van der Waals surface area contributed by atoms with Crippen LogP contribution in [0.3, 0.4) is 0 Å². The van der Waals surface area contributed by atoms with Gasteiger partial charge in [-0.1, -0.05) is 12.8 Å². The molecule has 1 heterocycles. The van der Waals surface area contributed by atoms with Crippen molar-refractivity contribution in [1.29, 1.82) is 0 Å². The molecule has 0 spiro atoms. The molecule has 3 N–H and O–H groups in total. The summed E-state index contributed by atoms with van der Waals surface area (Å²) >= 11 is 0. The van der Waals surface area contributed by atoms with Crippen molar-refractivity contribution in [2.75, 3.05) is 20.2 Å². The molecule has 0 saturated heterocycles. The van der Waals surface area contributed by atoms with E-state index in [2.05, 4.69) is 21.9 Å². The van der Waals surface area contributed by atoms with Crippen molar-refractivity contribution < 1.29 is 15.0 Å². The minimum Gasteiger partial charge on any atom is -0.483 e. The molecule has 1 saturated carbocycles. The lowest BCUT2D eigenvalue weighted by Gasteiger charge is -2.31. The first-order valence-electron chi connectivity index (χ1n) is 6.93. The van der Waals surface area contributed by atoms with E-state index in [1.54, 1.807) is 0 Å². The Morgan fingerprint density at radius 2 is 2.10 bits per heavy atom. The molecule has 0 unspecified atom stereocenters. The van der Waals surface area contributed by atoms with Crippen LogP contribution in [0.4, 0.5) is 0 Å². The molecule has 0 bridgehead atoms. The lowest BCUT2D eigenvalue weighted by atomic mass is 9.87. The maximum Gasteiger partial charge on any atom is 0.290 e. The summed E-state index contributed by atoms with van der Waals surface area (Å²) in [7, 11) is 2.10. The standard InChI is InChI=1S/C13H23N3O.CH2O2/c1-11-7-14-12(15-11)8-16(2)9-13(10-17)5-3-4-6-13;2-1-3/h7,17H,3-6,8-10H2,1-2H3,(H,14,15);1H,(H,2,3). The number of hydrogen-bond donors (Lipinski definition) is 3. The van der Waals surface area contributed by atoms with E-state index in [9.17, 15) is 5.11 Å². The Kier molecular flexibility index (Phi) is 6.67. The first-order chi connectivity index (χ1) is 9.55. The number of hydrogen-bond acceptors (Lipinski definition) is 4. The van der Waals surface area contributed by atoms with Crippen molar-refractivity contribution in [2.24, 2.45) is 5.41 Å². The fourth-order valence-corrected chi connectivity index (χ4v) is 2.92. The summed E-state index contributed by atoms with van der Waals surface area (Å²) in [4.78, 5) is 18.2. The maximum absolute atomic E-state index is 9.59. The van der Waals surface area contributed by atoms with Crippen LogP contribution >= 0.6 is 0 Å². The van der Waals surface area contributed by atoms with Crippen molar-refractivity contribution in [3.8, 4) is 0 Å². The second-order valence-electron chi connectivity index (χ2n) is 5.66. The average Bonchev–Trinajstić information content (AvgIpc) is 3.00. The zero-order valence-electron chi connectivity index (χ0n) is 12.3. The number of aromatic nitrogens is 2. The number of aliphatic hydroxyl groups is 1. The van der Waals surface area contributed by atoms with Crippen LogP contribution in [0.15, 0.2) is 6.20 Å². The van der Waals surface area contributed by atoms with Gasteiger partial charge in [0.1, 0.15) is 5.82 Å². The van der Waals surface area contributed by atoms with Gasteiger partial charge < -0.3 is 15.2 Å². The summed E-state index contributed by atoms with van der Waals surface area (Å²) in [5.41, 5.74) is 1.24. The van der Waals surface area contributed by atoms with E-state index in [0.717, 1.165) is 37.4 Å². The fourth-order valence-electron chi connectivity index (χ4n) is 2.92. The number of carboxylic acid groups (broad SMARTS) is 1. The summed E-state index contributed by atoms with van der Waals surface area (Å²) in [6.07, 6.45) is 6.69. The Labute approximate surface area is 119 Å². The van der Waals surface area contributed by atoms with E-state index in [0.29, 0.717) is 6.61 Å². The predicted molar refractivity (Wildman–Crippen MR) is 76.3 cm³/mol. The molecule has 0 amide bonds. The molecule has 0 aromatic carbocycles. The van der Waals surface area contributed by atoms with E-state index in [-0.39, 0.29) is 11.9 Å². The molecule has 6 nitrogen and oxygen atoms in total. The van der Waals surface area contributed by atoms with Gasteiger partial charge in [0.15, 0.2) is 0 Å². The largest absolute Gasteiger partial charge is 0.483 e. The monoisotopic (exact) mass is 283 g/mol. The molecule has 0 aliphatic heterocycles. The van der Waals surface area contributed by atoms with Crippen molar-refractivity contribution >= 4 is 6.47 Å². The summed E-state index contributed by atoms with van der Waals surface area (Å²) < 4.78 is 0. The Bertz CT molecular complexity index is 400. The zero-order valence-corrected chi connectivity index (χ0v) is 12.3. The van der Waals surface area contributed by atoms with Crippen LogP contribution in [0.5, 0.6) is 0 Å². The van der Waals surface area contributed by atoms with Gasteiger partial charge in [-0.05, 0) is 26.8 Å². The molecule has 114 valence electrons. The van der Waals surface area contributed by atoms with E-state index in [1.807, 2.05) is 13.1 Å². The van der Waals surface area contributed by atoms with Crippen LogP contribution in [-0.4, -0.2) is 51.8 Å². The van der Waals surface area contributed by atoms with E-state index < -0.39 is 0 Å². The predicted octanol–water partition coefficient (Wildman–Crippen LogP) is 1.40. The Morgan fingerprint density at radius 3 is 2.55 bits per heavy atom. The van der Waals surface area contributed by atoms with E-state index in [4.69, 9.17) is 9.90 Å². The minimum absolute atomic E-state index is 0.135. The Morgan fingerprint density at radius 1 is 1.50 bits per heavy atom. The summed E-state index contributed by atoms with van der Waals surface area (Å²) in [5, 5.41) is 16.5. The molecular weight excluding hydrogens is 258 g/mol. The topological polar surface area (TPSA) is 89.5 Å². The second kappa shape index (κ2) is 8.01. The van der Waals surface area contributed by atoms with E-state index in [1.165, 1.54) is 12.8 Å². The van der Waals surface area contributed by atoms with Crippen molar-refractivity contribution in [1.82, 2.24) is 14.9 Å². The number of H-pyrrole nitrogens is 1. The quantitative estimate of drug-likeness (QED) is 0.711. The van der Waals surface area contributed by atoms with Crippen LogP contribution in [-0.2, 0) is 11.3 Å². The zero-order chi connectivity index (χ0) is 15.0. The van der Waals surface area contributed by atoms with E-state index >= 15 is 0 Å². The van der Waals surface area contributed by atoms with Crippen molar-refractivity contribution in [3.05, 3.63) is 17.7 Å². The van der Waals surface area contributed by atoms with Gasteiger partial charge in [-0.15, -0.1) is 0 Å². The van der Waals surface area contributed by atoms with Crippen molar-refractivity contribution in [2.45, 2.75) is 39.2 Å². The molecule has 20 heavy (non-hydrogen) atoms. The maximum atomic E-state index is 9.59. The number of carbonyl (C=O) groups is 1. The third-order valence-corrected chi connectivity index (χ3v) is 3.78. The van der Waals surface area contributed by atoms with Gasteiger partial charge in [-0.2, -0.15) is 0 Å². The molecule has 1 aromatic rings. The normalized spacial score (nSPS) is 16.8. The van der Waals surface area contributed by atoms with Gasteiger partial charge >= 0.3 is 0 Å². The third-order valence-electron chi connectivity index (χ3n) is 3.78. The molecule has 1 fully saturated rings. The molecule has 1 aromatic heterocycles. The molecular formula is C14H25N3O3. The van der Waals surface area contributed by atoms with Crippen molar-refractivity contribution in [3.63, 3.8) is 0 Å². The molecule has 1 aliphatic carbocycles. The number of nitrogens with one attached hydrogen (secondary N) is 1. The third kappa shape index (κ3) is 4.94. The smallest absolute Gasteiger partial charge is 0.290 e. The molecule has 6 heteroatoms. The average molecular weight is 283 g/mol. The summed E-state index contributed by atoms with van der Waals surface area (Å²) in [6, 6.07) is 0. The van der Waals surface area contributed by atoms with Crippen LogP contribution in [0.1, 0.15) is 37.2 Å². The van der Waals surface area contributed by atoms with Gasteiger partial charge in [0, 0.05) is 30.5 Å². The number of aromatic amines is 1. The minimum atomic E-state index is -0.250. The molecule has 0 radical (unpaired) electrons. The highest BCUT2D eigenvalue weighted by atomic mass is 16.3. The second-order valence-corrected chi connectivity index (χ2v) is 5.66. The van der Waals surface area contributed by atoms with Crippen LogP contribution < -0.4 is 0 Å². The SMILES string of the molecule is Cc1cnc(CN(C)CC2(CO)CCCC2)[nH]1.O=CO. The number of imidazole rings is 1. The highest BCUT2D eigenvalue weighted by molar-refractivity contribution is 5.32. The number of aryl methyl sites for hydroxylation is 1. The highest BCUT2D eigenvalue weighted by Crippen LogP contribution is 2.38. The molecule has 2 rings (SSSR count). The first-order valence-corrected chi connectivity index (χ1v) is 6.93. The highest BCUT2D eigenvalue weighted by Gasteiger charge is 2.34. The van der Waals surface area contributed by atoms with Gasteiger partial charge in [0.25, 0.3) is 6.47 Å². The molecule has 1 aliphatic rings. The fraction of sp³-hybridized carbons (Fsp3) is 0.714. The Balaban J connectivity index is 0.000000612. The van der Waals surface area contributed by atoms with Crippen LogP contribution in [0.25, 0.3) is 0 Å². The lowest BCUT2D eigenvalue weighted by molar-refractivity contribution is -0.122. The van der Waals surface area contributed by atoms with Crippen LogP contribution in [0.2, 0.25) is 0 Å². The number of nitrogens with zero attached hydrogens (tertiary/aromatic N) is 2. The van der Waals surface area contributed by atoms with Gasteiger partial charge in [-0.25, -0.2) is 4.98 Å². The van der Waals surface area contributed by atoms with Gasteiger partial charge in [0.2, 0.25) is 0 Å².